The van der Waals surface area contributed by atoms with Crippen LogP contribution >= 0.6 is 11.3 Å². The van der Waals surface area contributed by atoms with Crippen LogP contribution in [-0.2, 0) is 0 Å². The lowest BCUT2D eigenvalue weighted by atomic mass is 9.93. The van der Waals surface area contributed by atoms with Crippen LogP contribution in [0.3, 0.4) is 0 Å². The van der Waals surface area contributed by atoms with Gasteiger partial charge in [0.1, 0.15) is 0 Å². The molecule has 10 aromatic rings. The van der Waals surface area contributed by atoms with Gasteiger partial charge in [-0.3, -0.25) is 0 Å². The van der Waals surface area contributed by atoms with E-state index in [4.69, 9.17) is 0 Å². The van der Waals surface area contributed by atoms with Gasteiger partial charge in [-0.1, -0.05) is 164 Å². The predicted octanol–water partition coefficient (Wildman–Crippen LogP) is 15.3. The molecule has 0 radical (unpaired) electrons. The second-order valence-corrected chi connectivity index (χ2v) is 14.8. The minimum absolute atomic E-state index is 1.12. The van der Waals surface area contributed by atoms with Crippen molar-refractivity contribution in [2.75, 3.05) is 4.90 Å². The molecule has 10 rings (SSSR count). The Hall–Kier alpha value is -6.74. The number of hydrogen-bond donors (Lipinski definition) is 0. The SMILES string of the molecule is c1ccc(-c2ccccc2-c2ccc(N(c3ccc(-c4cc(-c5ccccc5)c5ccccc5c4)cc3)c3cccc4c3sc3ccccc34)cc2)cc1. The Kier molecular flexibility index (Phi) is 8.09. The molecule has 1 aromatic heterocycles. The van der Waals surface area contributed by atoms with Crippen LogP contribution in [0.2, 0.25) is 0 Å². The van der Waals surface area contributed by atoms with Gasteiger partial charge in [-0.2, -0.15) is 0 Å². The van der Waals surface area contributed by atoms with Crippen molar-refractivity contribution < 1.29 is 0 Å². The van der Waals surface area contributed by atoms with E-state index in [9.17, 15) is 0 Å². The lowest BCUT2D eigenvalue weighted by Gasteiger charge is -2.26. The van der Waals surface area contributed by atoms with Crippen molar-refractivity contribution >= 4 is 59.3 Å². The number of fused-ring (bicyclic) bond motifs is 4. The van der Waals surface area contributed by atoms with Crippen molar-refractivity contribution in [2.24, 2.45) is 0 Å². The van der Waals surface area contributed by atoms with Crippen LogP contribution in [0.1, 0.15) is 0 Å². The first-order valence-electron chi connectivity index (χ1n) is 18.4. The molecular weight excluding hydrogens is 671 g/mol. The molecule has 0 aliphatic rings. The second-order valence-electron chi connectivity index (χ2n) is 13.7. The number of thiophene rings is 1. The highest BCUT2D eigenvalue weighted by molar-refractivity contribution is 7.26. The van der Waals surface area contributed by atoms with Gasteiger partial charge in [-0.25, -0.2) is 0 Å². The molecule has 9 aromatic carbocycles. The molecule has 0 atom stereocenters. The van der Waals surface area contributed by atoms with Gasteiger partial charge >= 0.3 is 0 Å². The molecule has 0 aliphatic carbocycles. The zero-order valence-electron chi connectivity index (χ0n) is 29.6. The summed E-state index contributed by atoms with van der Waals surface area (Å²) in [4.78, 5) is 2.42. The molecule has 0 saturated heterocycles. The third-order valence-corrected chi connectivity index (χ3v) is 11.7. The highest BCUT2D eigenvalue weighted by atomic mass is 32.1. The Bertz CT molecular complexity index is 2910. The molecule has 0 unspecified atom stereocenters. The maximum Gasteiger partial charge on any atom is 0.0640 e. The highest BCUT2D eigenvalue weighted by Gasteiger charge is 2.19. The molecule has 0 bridgehead atoms. The van der Waals surface area contributed by atoms with Crippen LogP contribution in [0.15, 0.2) is 212 Å². The first-order valence-corrected chi connectivity index (χ1v) is 19.2. The smallest absolute Gasteiger partial charge is 0.0640 e. The fraction of sp³-hybridized carbons (Fsp3) is 0. The predicted molar refractivity (Wildman–Crippen MR) is 233 cm³/mol. The van der Waals surface area contributed by atoms with Crippen LogP contribution in [0.4, 0.5) is 17.1 Å². The van der Waals surface area contributed by atoms with E-state index in [1.54, 1.807) is 0 Å². The average molecular weight is 706 g/mol. The van der Waals surface area contributed by atoms with E-state index in [-0.39, 0.29) is 0 Å². The minimum atomic E-state index is 1.12. The Labute approximate surface area is 319 Å². The molecule has 1 heterocycles. The van der Waals surface area contributed by atoms with Crippen molar-refractivity contribution in [3.63, 3.8) is 0 Å². The van der Waals surface area contributed by atoms with Gasteiger partial charge in [0.05, 0.1) is 10.4 Å². The summed E-state index contributed by atoms with van der Waals surface area (Å²) in [6.07, 6.45) is 0. The Morgan fingerprint density at radius 2 is 0.833 bits per heavy atom. The largest absolute Gasteiger partial charge is 0.309 e. The van der Waals surface area contributed by atoms with E-state index in [0.717, 1.165) is 11.4 Å². The maximum atomic E-state index is 2.42. The summed E-state index contributed by atoms with van der Waals surface area (Å²) < 4.78 is 2.58. The Morgan fingerprint density at radius 1 is 0.315 bits per heavy atom. The molecule has 0 saturated carbocycles. The molecule has 0 amide bonds. The third-order valence-electron chi connectivity index (χ3n) is 10.5. The fourth-order valence-electron chi connectivity index (χ4n) is 7.87. The van der Waals surface area contributed by atoms with E-state index < -0.39 is 0 Å². The van der Waals surface area contributed by atoms with Gasteiger partial charge in [-0.05, 0) is 104 Å². The quantitative estimate of drug-likeness (QED) is 0.160. The zero-order valence-corrected chi connectivity index (χ0v) is 30.4. The van der Waals surface area contributed by atoms with Gasteiger partial charge in [0.2, 0.25) is 0 Å². The minimum Gasteiger partial charge on any atom is -0.309 e. The van der Waals surface area contributed by atoms with Crippen LogP contribution in [-0.4, -0.2) is 0 Å². The number of nitrogens with zero attached hydrogens (tertiary/aromatic N) is 1. The summed E-state index contributed by atoms with van der Waals surface area (Å²) in [7, 11) is 0. The van der Waals surface area contributed by atoms with Crippen LogP contribution in [0, 0.1) is 0 Å². The van der Waals surface area contributed by atoms with Gasteiger partial charge in [0.15, 0.2) is 0 Å². The van der Waals surface area contributed by atoms with E-state index in [1.165, 1.54) is 81.1 Å². The molecule has 0 N–H and O–H groups in total. The van der Waals surface area contributed by atoms with E-state index in [1.807, 2.05) is 11.3 Å². The number of rotatable bonds is 7. The summed E-state index contributed by atoms with van der Waals surface area (Å²) in [5, 5.41) is 5.09. The van der Waals surface area contributed by atoms with Crippen molar-refractivity contribution in [1.29, 1.82) is 0 Å². The summed E-state index contributed by atoms with van der Waals surface area (Å²) in [6.45, 7) is 0. The normalized spacial score (nSPS) is 11.3. The zero-order chi connectivity index (χ0) is 35.8. The highest BCUT2D eigenvalue weighted by Crippen LogP contribution is 2.46. The lowest BCUT2D eigenvalue weighted by molar-refractivity contribution is 1.30. The monoisotopic (exact) mass is 705 g/mol. The first-order chi connectivity index (χ1) is 26.8. The summed E-state index contributed by atoms with van der Waals surface area (Å²) >= 11 is 1.86. The van der Waals surface area contributed by atoms with Crippen molar-refractivity contribution in [1.82, 2.24) is 0 Å². The van der Waals surface area contributed by atoms with E-state index in [0.29, 0.717) is 0 Å². The first kappa shape index (κ1) is 32.0. The van der Waals surface area contributed by atoms with Gasteiger partial charge < -0.3 is 4.90 Å². The molecule has 1 nitrogen and oxygen atoms in total. The second kappa shape index (κ2) is 13.7. The Morgan fingerprint density at radius 3 is 1.52 bits per heavy atom. The fourth-order valence-corrected chi connectivity index (χ4v) is 9.07. The molecule has 0 spiro atoms. The summed E-state index contributed by atoms with van der Waals surface area (Å²) in [6, 6.07) is 77.1. The van der Waals surface area contributed by atoms with Gasteiger partial charge in [0, 0.05) is 26.8 Å². The van der Waals surface area contributed by atoms with Crippen molar-refractivity contribution in [3.8, 4) is 44.5 Å². The summed E-state index contributed by atoms with van der Waals surface area (Å²) in [5.41, 5.74) is 13.2. The number of hydrogen-bond acceptors (Lipinski definition) is 2. The van der Waals surface area contributed by atoms with Crippen molar-refractivity contribution in [2.45, 2.75) is 0 Å². The van der Waals surface area contributed by atoms with E-state index >= 15 is 0 Å². The maximum absolute atomic E-state index is 2.42. The van der Waals surface area contributed by atoms with Crippen LogP contribution in [0.5, 0.6) is 0 Å². The van der Waals surface area contributed by atoms with Gasteiger partial charge in [0.25, 0.3) is 0 Å². The number of benzene rings is 9. The van der Waals surface area contributed by atoms with Crippen LogP contribution in [0.25, 0.3) is 75.5 Å². The molecule has 2 heteroatoms. The Balaban J connectivity index is 1.10. The molecular formula is C52H35NS. The van der Waals surface area contributed by atoms with Gasteiger partial charge in [-0.15, -0.1) is 11.3 Å². The van der Waals surface area contributed by atoms with Crippen LogP contribution < -0.4 is 4.90 Å². The average Bonchev–Trinajstić information content (AvgIpc) is 3.64. The molecule has 0 fully saturated rings. The number of anilines is 3. The van der Waals surface area contributed by atoms with Crippen molar-refractivity contribution in [3.05, 3.63) is 212 Å². The molecule has 54 heavy (non-hydrogen) atoms. The topological polar surface area (TPSA) is 3.24 Å². The molecule has 0 aliphatic heterocycles. The third kappa shape index (κ3) is 5.74. The molecule has 254 valence electrons. The standard InChI is InChI=1S/C52H35NS/c1-3-14-37(15-4-1)44-19-9-10-20-45(44)39-28-32-43(33-29-39)53(50-24-13-23-48-47-22-11-12-25-51(47)54-52(48)50)42-30-26-36(27-31-42)41-34-40-18-7-8-21-46(40)49(35-41)38-16-5-2-6-17-38/h1-35H. The summed E-state index contributed by atoms with van der Waals surface area (Å²) in [5.74, 6) is 0. The van der Waals surface area contributed by atoms with E-state index in [2.05, 4.69) is 217 Å². The lowest BCUT2D eigenvalue weighted by Crippen LogP contribution is -2.10.